The molecule has 9 heteroatoms. The van der Waals surface area contributed by atoms with E-state index in [1.165, 1.54) is 0 Å². The Morgan fingerprint density at radius 1 is 0.939 bits per heavy atom. The third-order valence-electron chi connectivity index (χ3n) is 4.84. The molecule has 0 unspecified atom stereocenters. The third-order valence-corrected chi connectivity index (χ3v) is 6.24. The molecule has 3 amide bonds. The summed E-state index contributed by atoms with van der Waals surface area (Å²) in [6, 6.07) is 17.5. The molecule has 0 spiro atoms. The molecule has 2 aromatic carbocycles. The monoisotopic (exact) mass is 473 g/mol. The van der Waals surface area contributed by atoms with Gasteiger partial charge in [-0.15, -0.1) is 0 Å². The molecule has 0 aromatic heterocycles. The second-order valence-electron chi connectivity index (χ2n) is 7.47. The van der Waals surface area contributed by atoms with Crippen molar-refractivity contribution in [3.8, 4) is 0 Å². The fourth-order valence-corrected chi connectivity index (χ4v) is 4.17. The minimum Gasteiger partial charge on any atom is -0.445 e. The maximum atomic E-state index is 12.3. The number of carbonyl (C=O) groups is 3. The largest absolute Gasteiger partial charge is 0.445 e. The first-order valence-electron chi connectivity index (χ1n) is 10.9. The first kappa shape index (κ1) is 26.1. The molecule has 2 aromatic rings. The summed E-state index contributed by atoms with van der Waals surface area (Å²) in [7, 11) is -1.26. The zero-order chi connectivity index (χ0) is 23.9. The van der Waals surface area contributed by atoms with Crippen molar-refractivity contribution in [3.63, 3.8) is 0 Å². The Bertz CT molecular complexity index is 909. The van der Waals surface area contributed by atoms with Crippen molar-refractivity contribution >= 4 is 28.7 Å². The van der Waals surface area contributed by atoms with Gasteiger partial charge in [-0.2, -0.15) is 0 Å². The topological polar surface area (TPSA) is 128 Å². The van der Waals surface area contributed by atoms with Crippen LogP contribution in [-0.4, -0.2) is 40.5 Å². The van der Waals surface area contributed by atoms with Gasteiger partial charge in [0.1, 0.15) is 12.6 Å². The highest BCUT2D eigenvalue weighted by molar-refractivity contribution is 7.85. The van der Waals surface area contributed by atoms with E-state index in [1.807, 2.05) is 36.4 Å². The molecule has 2 atom stereocenters. The lowest BCUT2D eigenvalue weighted by Crippen LogP contribution is -2.45. The van der Waals surface area contributed by atoms with Crippen molar-refractivity contribution < 1.29 is 23.3 Å². The summed E-state index contributed by atoms with van der Waals surface area (Å²) in [5.41, 5.74) is 6.31. The maximum Gasteiger partial charge on any atom is 0.407 e. The molecule has 178 valence electrons. The average Bonchev–Trinajstić information content (AvgIpc) is 2.83. The molecule has 0 saturated carbocycles. The van der Waals surface area contributed by atoms with E-state index >= 15 is 0 Å². The van der Waals surface area contributed by atoms with Crippen molar-refractivity contribution in [1.29, 1.82) is 0 Å². The van der Waals surface area contributed by atoms with Crippen molar-refractivity contribution in [2.45, 2.75) is 49.6 Å². The minimum absolute atomic E-state index is 0.206. The van der Waals surface area contributed by atoms with Crippen LogP contribution in [0.1, 0.15) is 37.7 Å². The number of benzene rings is 2. The van der Waals surface area contributed by atoms with Gasteiger partial charge in [-0.05, 0) is 37.0 Å². The number of rotatable bonds is 14. The summed E-state index contributed by atoms with van der Waals surface area (Å²) in [5.74, 6) is -0.699. The molecule has 4 N–H and O–H groups in total. The lowest BCUT2D eigenvalue weighted by Gasteiger charge is -2.15. The van der Waals surface area contributed by atoms with E-state index in [4.69, 9.17) is 10.5 Å². The molecule has 0 heterocycles. The van der Waals surface area contributed by atoms with Gasteiger partial charge in [0.05, 0.1) is 10.8 Å². The number of ether oxygens (including phenoxy) is 1. The second-order valence-corrected chi connectivity index (χ2v) is 9.04. The van der Waals surface area contributed by atoms with Crippen molar-refractivity contribution in [1.82, 2.24) is 10.6 Å². The smallest absolute Gasteiger partial charge is 0.407 e. The lowest BCUT2D eigenvalue weighted by molar-refractivity contribution is -0.127. The van der Waals surface area contributed by atoms with Gasteiger partial charge < -0.3 is 21.1 Å². The van der Waals surface area contributed by atoms with Crippen LogP contribution in [0, 0.1) is 0 Å². The second kappa shape index (κ2) is 14.8. The molecular weight excluding hydrogens is 442 g/mol. The Labute approximate surface area is 196 Å². The Kier molecular flexibility index (Phi) is 11.7. The van der Waals surface area contributed by atoms with Crippen LogP contribution in [0.15, 0.2) is 65.6 Å². The van der Waals surface area contributed by atoms with Gasteiger partial charge in [0.15, 0.2) is 0 Å². The number of primary amides is 1. The molecule has 33 heavy (non-hydrogen) atoms. The molecule has 0 bridgehead atoms. The van der Waals surface area contributed by atoms with Gasteiger partial charge >= 0.3 is 6.09 Å². The van der Waals surface area contributed by atoms with E-state index < -0.39 is 28.8 Å². The van der Waals surface area contributed by atoms with Gasteiger partial charge in [0, 0.05) is 23.6 Å². The van der Waals surface area contributed by atoms with Crippen molar-refractivity contribution in [2.24, 2.45) is 5.73 Å². The van der Waals surface area contributed by atoms with Gasteiger partial charge in [-0.3, -0.25) is 13.8 Å². The zero-order valence-electron chi connectivity index (χ0n) is 18.5. The summed E-state index contributed by atoms with van der Waals surface area (Å²) in [6.07, 6.45) is 2.00. The van der Waals surface area contributed by atoms with Gasteiger partial charge in [0.2, 0.25) is 11.8 Å². The fraction of sp³-hybridized carbons (Fsp3) is 0.375. The highest BCUT2D eigenvalue weighted by Crippen LogP contribution is 2.08. The van der Waals surface area contributed by atoms with Crippen molar-refractivity contribution in [2.75, 3.05) is 12.3 Å². The van der Waals surface area contributed by atoms with Crippen LogP contribution in [0.5, 0.6) is 0 Å². The minimum atomic E-state index is -1.26. The quantitative estimate of drug-likeness (QED) is 0.364. The number of amides is 3. The number of nitrogens with two attached hydrogens (primary N) is 1. The summed E-state index contributed by atoms with van der Waals surface area (Å²) in [5, 5.41) is 5.30. The average molecular weight is 474 g/mol. The summed E-state index contributed by atoms with van der Waals surface area (Å²) in [4.78, 5) is 36.2. The number of hydrogen-bond acceptors (Lipinski definition) is 5. The molecule has 0 radical (unpaired) electrons. The molecule has 0 aliphatic rings. The Morgan fingerprint density at radius 2 is 1.61 bits per heavy atom. The van der Waals surface area contributed by atoms with Crippen LogP contribution in [0.2, 0.25) is 0 Å². The predicted molar refractivity (Wildman–Crippen MR) is 127 cm³/mol. The van der Waals surface area contributed by atoms with E-state index in [2.05, 4.69) is 10.6 Å². The van der Waals surface area contributed by atoms with Gasteiger partial charge in [-0.1, -0.05) is 55.0 Å². The van der Waals surface area contributed by atoms with Gasteiger partial charge in [-0.25, -0.2) is 4.79 Å². The van der Waals surface area contributed by atoms with E-state index in [0.29, 0.717) is 24.3 Å². The Hall–Kier alpha value is -3.20. The fourth-order valence-electron chi connectivity index (χ4n) is 3.02. The zero-order valence-corrected chi connectivity index (χ0v) is 19.4. The highest BCUT2D eigenvalue weighted by Gasteiger charge is 2.19. The van der Waals surface area contributed by atoms with E-state index in [1.54, 1.807) is 24.3 Å². The van der Waals surface area contributed by atoms with E-state index in [-0.39, 0.29) is 31.1 Å². The third kappa shape index (κ3) is 10.8. The molecule has 0 saturated heterocycles. The van der Waals surface area contributed by atoms with Crippen LogP contribution in [0.25, 0.3) is 0 Å². The molecular formula is C24H31N3O5S. The molecule has 0 aliphatic heterocycles. The highest BCUT2D eigenvalue weighted by atomic mass is 32.2. The first-order valence-corrected chi connectivity index (χ1v) is 12.2. The number of alkyl carbamates (subject to hydrolysis) is 1. The molecule has 8 nitrogen and oxygen atoms in total. The van der Waals surface area contributed by atoms with Gasteiger partial charge in [0.25, 0.3) is 0 Å². The summed E-state index contributed by atoms with van der Waals surface area (Å²) < 4.78 is 17.4. The summed E-state index contributed by atoms with van der Waals surface area (Å²) in [6.45, 7) is 0.664. The number of hydrogen-bond donors (Lipinski definition) is 3. The van der Waals surface area contributed by atoms with Crippen LogP contribution in [0.4, 0.5) is 4.79 Å². The number of unbranched alkanes of at least 4 members (excludes halogenated alkanes) is 2. The molecule has 2 rings (SSSR count). The molecule has 0 fully saturated rings. The Balaban J connectivity index is 1.56. The van der Waals surface area contributed by atoms with E-state index in [9.17, 15) is 18.6 Å². The molecule has 0 aliphatic carbocycles. The van der Waals surface area contributed by atoms with Crippen LogP contribution < -0.4 is 16.4 Å². The SMILES string of the molecule is NC(=O)[C@H](CC[S@](=O)c1ccccc1)NC(=O)CCCCCNC(=O)OCc1ccccc1. The van der Waals surface area contributed by atoms with Crippen LogP contribution in [-0.2, 0) is 31.7 Å². The lowest BCUT2D eigenvalue weighted by atomic mass is 10.1. The predicted octanol–water partition coefficient (Wildman–Crippen LogP) is 2.64. The normalized spacial score (nSPS) is 12.4. The first-order chi connectivity index (χ1) is 16.0. The maximum absolute atomic E-state index is 12.3. The number of carbonyl (C=O) groups excluding carboxylic acids is 3. The number of nitrogens with one attached hydrogen (secondary N) is 2. The summed E-state index contributed by atoms with van der Waals surface area (Å²) >= 11 is 0. The Morgan fingerprint density at radius 3 is 2.27 bits per heavy atom. The van der Waals surface area contributed by atoms with Crippen LogP contribution in [0.3, 0.4) is 0 Å². The van der Waals surface area contributed by atoms with Crippen molar-refractivity contribution in [3.05, 3.63) is 66.2 Å². The van der Waals surface area contributed by atoms with Crippen LogP contribution >= 0.6 is 0 Å². The standard InChI is InChI=1S/C24H31N3O5S/c25-23(29)21(15-17-33(31)20-12-6-2-7-13-20)27-22(28)14-8-3-9-16-26-24(30)32-18-19-10-4-1-5-11-19/h1-2,4-7,10-13,21H,3,8-9,14-18H2,(H2,25,29)(H,26,30)(H,27,28)/t21-,33-/m0/s1. The van der Waals surface area contributed by atoms with E-state index in [0.717, 1.165) is 12.0 Å².